The fourth-order valence-corrected chi connectivity index (χ4v) is 2.73. The molecule has 0 spiro atoms. The topological polar surface area (TPSA) is 24.9 Å². The van der Waals surface area contributed by atoms with Gasteiger partial charge in [0.25, 0.3) is 0 Å². The van der Waals surface area contributed by atoms with Gasteiger partial charge in [0.05, 0.1) is 10.2 Å². The van der Waals surface area contributed by atoms with Crippen LogP contribution in [0.2, 0.25) is 0 Å². The van der Waals surface area contributed by atoms with Gasteiger partial charge in [-0.05, 0) is 36.5 Å². The summed E-state index contributed by atoms with van der Waals surface area (Å²) in [5, 5.41) is 5.47. The molecule has 0 fully saturated rings. The van der Waals surface area contributed by atoms with Crippen LogP contribution in [0, 0.1) is 0 Å². The molecule has 16 heavy (non-hydrogen) atoms. The average Bonchev–Trinajstić information content (AvgIpc) is 2.77. The van der Waals surface area contributed by atoms with Gasteiger partial charge in [-0.15, -0.1) is 11.3 Å². The third-order valence-corrected chi connectivity index (χ3v) is 3.77. The number of hydrogen-bond donors (Lipinski definition) is 1. The molecule has 0 radical (unpaired) electrons. The van der Waals surface area contributed by atoms with Crippen molar-refractivity contribution in [3.63, 3.8) is 0 Å². The van der Waals surface area contributed by atoms with Gasteiger partial charge in [-0.25, -0.2) is 0 Å². The summed E-state index contributed by atoms with van der Waals surface area (Å²) in [4.78, 5) is 4.49. The molecule has 2 rings (SSSR count). The van der Waals surface area contributed by atoms with E-state index in [1.807, 2.05) is 13.2 Å². The summed E-state index contributed by atoms with van der Waals surface area (Å²) in [6.45, 7) is 2.23. The summed E-state index contributed by atoms with van der Waals surface area (Å²) < 4.78 is 1.29. The minimum Gasteiger partial charge on any atom is -0.313 e. The van der Waals surface area contributed by atoms with Gasteiger partial charge in [-0.3, -0.25) is 4.98 Å². The quantitative estimate of drug-likeness (QED) is 0.852. The fraction of sp³-hybridized carbons (Fsp3) is 0.462. The van der Waals surface area contributed by atoms with Gasteiger partial charge in [0, 0.05) is 12.2 Å². The monoisotopic (exact) mass is 234 g/mol. The van der Waals surface area contributed by atoms with E-state index in [1.54, 1.807) is 11.3 Å². The van der Waals surface area contributed by atoms with E-state index in [1.165, 1.54) is 29.5 Å². The van der Waals surface area contributed by atoms with Crippen LogP contribution in [-0.4, -0.2) is 12.0 Å². The van der Waals surface area contributed by atoms with Crippen molar-refractivity contribution in [1.29, 1.82) is 0 Å². The largest absolute Gasteiger partial charge is 0.313 e. The van der Waals surface area contributed by atoms with Crippen molar-refractivity contribution in [3.8, 4) is 0 Å². The first-order chi connectivity index (χ1) is 7.85. The van der Waals surface area contributed by atoms with Gasteiger partial charge in [0.1, 0.15) is 0 Å². The number of rotatable bonds is 5. The lowest BCUT2D eigenvalue weighted by atomic mass is 10.0. The van der Waals surface area contributed by atoms with E-state index in [4.69, 9.17) is 0 Å². The SMILES string of the molecule is CCCCC(NC)c1cnc2ccsc2c1. The van der Waals surface area contributed by atoms with Gasteiger partial charge in [-0.1, -0.05) is 19.8 Å². The predicted molar refractivity (Wildman–Crippen MR) is 70.9 cm³/mol. The van der Waals surface area contributed by atoms with Crippen LogP contribution in [0.25, 0.3) is 10.2 Å². The lowest BCUT2D eigenvalue weighted by Crippen LogP contribution is -2.16. The van der Waals surface area contributed by atoms with Crippen LogP contribution >= 0.6 is 11.3 Å². The zero-order valence-corrected chi connectivity index (χ0v) is 10.7. The smallest absolute Gasteiger partial charge is 0.0809 e. The van der Waals surface area contributed by atoms with Gasteiger partial charge >= 0.3 is 0 Å². The number of unbranched alkanes of at least 4 members (excludes halogenated alkanes) is 1. The zero-order valence-electron chi connectivity index (χ0n) is 9.86. The second-order valence-electron chi connectivity index (χ2n) is 4.06. The Morgan fingerprint density at radius 1 is 1.50 bits per heavy atom. The van der Waals surface area contributed by atoms with Crippen molar-refractivity contribution in [2.24, 2.45) is 0 Å². The molecule has 2 heterocycles. The molecule has 86 valence electrons. The number of thiophene rings is 1. The van der Waals surface area contributed by atoms with Gasteiger partial charge < -0.3 is 5.32 Å². The molecule has 0 saturated heterocycles. The Balaban J connectivity index is 2.22. The van der Waals surface area contributed by atoms with Crippen LogP contribution in [0.5, 0.6) is 0 Å². The molecule has 2 aromatic heterocycles. The summed E-state index contributed by atoms with van der Waals surface area (Å²) >= 11 is 1.76. The first-order valence-corrected chi connectivity index (χ1v) is 6.73. The second kappa shape index (κ2) is 5.41. The van der Waals surface area contributed by atoms with Gasteiger partial charge in [0.15, 0.2) is 0 Å². The lowest BCUT2D eigenvalue weighted by molar-refractivity contribution is 0.522. The Morgan fingerprint density at radius 3 is 3.12 bits per heavy atom. The third-order valence-electron chi connectivity index (χ3n) is 2.92. The Labute approximate surface area is 101 Å². The molecular weight excluding hydrogens is 216 g/mol. The Morgan fingerprint density at radius 2 is 2.38 bits per heavy atom. The summed E-state index contributed by atoms with van der Waals surface area (Å²) in [5.41, 5.74) is 2.42. The molecule has 1 N–H and O–H groups in total. The van der Waals surface area contributed by atoms with Crippen LogP contribution < -0.4 is 5.32 Å². The normalized spacial score (nSPS) is 13.1. The number of hydrogen-bond acceptors (Lipinski definition) is 3. The van der Waals surface area contributed by atoms with Crippen LogP contribution in [-0.2, 0) is 0 Å². The standard InChI is InChI=1S/C13H18N2S/c1-3-4-5-11(14-2)10-8-13-12(15-9-10)6-7-16-13/h6-9,11,14H,3-5H2,1-2H3. The molecular formula is C13H18N2S. The summed E-state index contributed by atoms with van der Waals surface area (Å²) in [5.74, 6) is 0. The minimum atomic E-state index is 0.443. The predicted octanol–water partition coefficient (Wildman–Crippen LogP) is 3.75. The van der Waals surface area contributed by atoms with Crippen LogP contribution in [0.1, 0.15) is 37.8 Å². The molecule has 0 aliphatic rings. The van der Waals surface area contributed by atoms with Crippen molar-refractivity contribution in [2.75, 3.05) is 7.05 Å². The lowest BCUT2D eigenvalue weighted by Gasteiger charge is -2.15. The molecule has 0 amide bonds. The van der Waals surface area contributed by atoms with Crippen molar-refractivity contribution in [3.05, 3.63) is 29.3 Å². The molecule has 2 nitrogen and oxygen atoms in total. The Kier molecular flexibility index (Phi) is 3.91. The van der Waals surface area contributed by atoms with Crippen molar-refractivity contribution in [1.82, 2.24) is 10.3 Å². The van der Waals surface area contributed by atoms with Crippen LogP contribution in [0.3, 0.4) is 0 Å². The highest BCUT2D eigenvalue weighted by Gasteiger charge is 2.09. The third kappa shape index (κ3) is 2.42. The fourth-order valence-electron chi connectivity index (χ4n) is 1.94. The minimum absolute atomic E-state index is 0.443. The molecule has 0 bridgehead atoms. The van der Waals surface area contributed by atoms with E-state index in [-0.39, 0.29) is 0 Å². The highest BCUT2D eigenvalue weighted by Crippen LogP contribution is 2.24. The molecule has 2 aromatic rings. The first kappa shape index (κ1) is 11.6. The molecule has 0 aliphatic carbocycles. The number of fused-ring (bicyclic) bond motifs is 1. The Hall–Kier alpha value is -0.930. The summed E-state index contributed by atoms with van der Waals surface area (Å²) in [6, 6.07) is 4.78. The average molecular weight is 234 g/mol. The molecule has 1 atom stereocenters. The number of nitrogens with zero attached hydrogens (tertiary/aromatic N) is 1. The van der Waals surface area contributed by atoms with E-state index in [2.05, 4.69) is 34.7 Å². The molecule has 0 saturated carbocycles. The first-order valence-electron chi connectivity index (χ1n) is 5.85. The highest BCUT2D eigenvalue weighted by molar-refractivity contribution is 7.17. The van der Waals surface area contributed by atoms with E-state index < -0.39 is 0 Å². The van der Waals surface area contributed by atoms with Crippen molar-refractivity contribution in [2.45, 2.75) is 32.2 Å². The van der Waals surface area contributed by atoms with Crippen LogP contribution in [0.15, 0.2) is 23.7 Å². The van der Waals surface area contributed by atoms with Crippen molar-refractivity contribution >= 4 is 21.6 Å². The molecule has 1 unspecified atom stereocenters. The van der Waals surface area contributed by atoms with E-state index >= 15 is 0 Å². The second-order valence-corrected chi connectivity index (χ2v) is 5.00. The maximum atomic E-state index is 4.49. The molecule has 0 aromatic carbocycles. The van der Waals surface area contributed by atoms with E-state index in [0.717, 1.165) is 5.52 Å². The number of nitrogens with one attached hydrogen (secondary N) is 1. The van der Waals surface area contributed by atoms with E-state index in [0.29, 0.717) is 6.04 Å². The Bertz CT molecular complexity index is 450. The van der Waals surface area contributed by atoms with Gasteiger partial charge in [-0.2, -0.15) is 0 Å². The maximum Gasteiger partial charge on any atom is 0.0809 e. The summed E-state index contributed by atoms with van der Waals surface area (Å²) in [6.07, 6.45) is 5.69. The number of aromatic nitrogens is 1. The highest BCUT2D eigenvalue weighted by atomic mass is 32.1. The van der Waals surface area contributed by atoms with Crippen molar-refractivity contribution < 1.29 is 0 Å². The van der Waals surface area contributed by atoms with Gasteiger partial charge in [0.2, 0.25) is 0 Å². The number of pyridine rings is 1. The van der Waals surface area contributed by atoms with Crippen LogP contribution in [0.4, 0.5) is 0 Å². The molecule has 3 heteroatoms. The van der Waals surface area contributed by atoms with E-state index in [9.17, 15) is 0 Å². The summed E-state index contributed by atoms with van der Waals surface area (Å²) in [7, 11) is 2.03. The molecule has 0 aliphatic heterocycles. The maximum absolute atomic E-state index is 4.49. The zero-order chi connectivity index (χ0) is 11.4.